The second-order valence-corrected chi connectivity index (χ2v) is 4.85. The Labute approximate surface area is 89.9 Å². The average Bonchev–Trinajstić information content (AvgIpc) is 2.50. The Morgan fingerprint density at radius 3 is 2.53 bits per heavy atom. The number of carbonyl (C=O) groups excluding carboxylic acids is 2. The number of carbonyl (C=O) groups is 2. The van der Waals surface area contributed by atoms with Crippen LogP contribution in [0.4, 0.5) is 0 Å². The molecule has 1 aliphatic carbocycles. The van der Waals surface area contributed by atoms with Gasteiger partial charge in [0, 0.05) is 5.57 Å². The van der Waals surface area contributed by atoms with E-state index in [0.29, 0.717) is 18.3 Å². The van der Waals surface area contributed by atoms with Crippen LogP contribution >= 0.6 is 0 Å². The summed E-state index contributed by atoms with van der Waals surface area (Å²) in [6.07, 6.45) is 3.65. The number of rotatable bonds is 0. The first-order valence-corrected chi connectivity index (χ1v) is 5.64. The first kappa shape index (κ1) is 10.4. The van der Waals surface area contributed by atoms with Gasteiger partial charge in [0.15, 0.2) is 0 Å². The molecule has 0 radical (unpaired) electrons. The van der Waals surface area contributed by atoms with Gasteiger partial charge in [-0.05, 0) is 31.1 Å². The lowest BCUT2D eigenvalue weighted by atomic mass is 9.77. The van der Waals surface area contributed by atoms with E-state index in [1.54, 1.807) is 0 Å². The molecule has 3 heteroatoms. The average molecular weight is 207 g/mol. The largest absolute Gasteiger partial charge is 0.292 e. The standard InChI is InChI=1S/C12H17NO2/c1-7-3-4-8(2)9(5-7)10-6-11(14)13-12(10)15/h7-8H,3-6H2,1-2H3,(H,13,14,15)/b10-9+. The topological polar surface area (TPSA) is 46.2 Å². The molecule has 2 rings (SSSR count). The molecule has 2 atom stereocenters. The van der Waals surface area contributed by atoms with Crippen LogP contribution < -0.4 is 5.32 Å². The summed E-state index contributed by atoms with van der Waals surface area (Å²) < 4.78 is 0. The molecule has 15 heavy (non-hydrogen) atoms. The molecule has 2 fully saturated rings. The maximum atomic E-state index is 11.5. The third-order valence-electron chi connectivity index (χ3n) is 3.51. The molecule has 82 valence electrons. The van der Waals surface area contributed by atoms with Gasteiger partial charge in [0.1, 0.15) is 0 Å². The lowest BCUT2D eigenvalue weighted by Gasteiger charge is -2.27. The van der Waals surface area contributed by atoms with E-state index in [1.807, 2.05) is 0 Å². The van der Waals surface area contributed by atoms with Gasteiger partial charge >= 0.3 is 0 Å². The summed E-state index contributed by atoms with van der Waals surface area (Å²) in [6.45, 7) is 4.37. The molecule has 1 aliphatic heterocycles. The van der Waals surface area contributed by atoms with E-state index in [2.05, 4.69) is 19.2 Å². The van der Waals surface area contributed by atoms with E-state index >= 15 is 0 Å². The van der Waals surface area contributed by atoms with Gasteiger partial charge in [-0.3, -0.25) is 14.9 Å². The van der Waals surface area contributed by atoms with Crippen LogP contribution in [0, 0.1) is 11.8 Å². The van der Waals surface area contributed by atoms with Gasteiger partial charge in [0.2, 0.25) is 5.91 Å². The summed E-state index contributed by atoms with van der Waals surface area (Å²) in [5, 5.41) is 2.36. The zero-order valence-electron chi connectivity index (χ0n) is 9.30. The Morgan fingerprint density at radius 2 is 1.93 bits per heavy atom. The predicted molar refractivity (Wildman–Crippen MR) is 57.0 cm³/mol. The minimum absolute atomic E-state index is 0.145. The fourth-order valence-corrected chi connectivity index (χ4v) is 2.55. The molecule has 1 saturated carbocycles. The summed E-state index contributed by atoms with van der Waals surface area (Å²) in [5.41, 5.74) is 1.97. The fraction of sp³-hybridized carbons (Fsp3) is 0.667. The number of hydrogen-bond donors (Lipinski definition) is 1. The van der Waals surface area contributed by atoms with Gasteiger partial charge in [0.05, 0.1) is 6.42 Å². The van der Waals surface area contributed by atoms with Crippen LogP contribution in [0.5, 0.6) is 0 Å². The highest BCUT2D eigenvalue weighted by Gasteiger charge is 2.31. The number of hydrogen-bond acceptors (Lipinski definition) is 2. The van der Waals surface area contributed by atoms with E-state index in [4.69, 9.17) is 0 Å². The Bertz CT molecular complexity index is 344. The smallest absolute Gasteiger partial charge is 0.254 e. The lowest BCUT2D eigenvalue weighted by molar-refractivity contribution is -0.124. The molecule has 1 saturated heterocycles. The van der Waals surface area contributed by atoms with Gasteiger partial charge in [-0.2, -0.15) is 0 Å². The second-order valence-electron chi connectivity index (χ2n) is 4.85. The van der Waals surface area contributed by atoms with Crippen molar-refractivity contribution in [2.45, 2.75) is 39.5 Å². The van der Waals surface area contributed by atoms with Gasteiger partial charge < -0.3 is 0 Å². The zero-order valence-corrected chi connectivity index (χ0v) is 9.30. The Hall–Kier alpha value is -1.12. The van der Waals surface area contributed by atoms with Crippen LogP contribution in [0.15, 0.2) is 11.1 Å². The van der Waals surface area contributed by atoms with Crippen molar-refractivity contribution in [2.75, 3.05) is 0 Å². The molecular weight excluding hydrogens is 190 g/mol. The highest BCUT2D eigenvalue weighted by Crippen LogP contribution is 2.36. The molecular formula is C12H17NO2. The van der Waals surface area contributed by atoms with Gasteiger partial charge in [0.25, 0.3) is 5.91 Å². The molecule has 3 nitrogen and oxygen atoms in total. The monoisotopic (exact) mass is 207 g/mol. The van der Waals surface area contributed by atoms with Gasteiger partial charge in [-0.25, -0.2) is 0 Å². The van der Waals surface area contributed by atoms with Crippen molar-refractivity contribution in [3.8, 4) is 0 Å². The summed E-state index contributed by atoms with van der Waals surface area (Å²) >= 11 is 0. The van der Waals surface area contributed by atoms with Crippen molar-refractivity contribution in [1.82, 2.24) is 5.32 Å². The van der Waals surface area contributed by atoms with Crippen molar-refractivity contribution in [2.24, 2.45) is 11.8 Å². The lowest BCUT2D eigenvalue weighted by Crippen LogP contribution is -2.21. The Kier molecular flexibility index (Phi) is 2.63. The number of imide groups is 1. The minimum Gasteiger partial charge on any atom is -0.292 e. The molecule has 0 spiro atoms. The zero-order chi connectivity index (χ0) is 11.0. The third-order valence-corrected chi connectivity index (χ3v) is 3.51. The quantitative estimate of drug-likeness (QED) is 0.486. The maximum absolute atomic E-state index is 11.5. The van der Waals surface area contributed by atoms with Crippen molar-refractivity contribution in [3.05, 3.63) is 11.1 Å². The second kappa shape index (κ2) is 3.80. The molecule has 1 N–H and O–H groups in total. The molecule has 2 aliphatic rings. The normalized spacial score (nSPS) is 36.9. The number of nitrogens with one attached hydrogen (secondary N) is 1. The van der Waals surface area contributed by atoms with Crippen LogP contribution in [0.2, 0.25) is 0 Å². The first-order chi connectivity index (χ1) is 7.08. The van der Waals surface area contributed by atoms with Crippen molar-refractivity contribution >= 4 is 11.8 Å². The molecule has 0 aromatic carbocycles. The molecule has 1 heterocycles. The van der Waals surface area contributed by atoms with Crippen molar-refractivity contribution < 1.29 is 9.59 Å². The van der Waals surface area contributed by atoms with E-state index in [-0.39, 0.29) is 11.8 Å². The van der Waals surface area contributed by atoms with E-state index in [9.17, 15) is 9.59 Å². The van der Waals surface area contributed by atoms with Gasteiger partial charge in [-0.15, -0.1) is 0 Å². The van der Waals surface area contributed by atoms with Gasteiger partial charge in [-0.1, -0.05) is 19.4 Å². The summed E-state index contributed by atoms with van der Waals surface area (Å²) in [4.78, 5) is 22.7. The Morgan fingerprint density at radius 1 is 1.20 bits per heavy atom. The molecule has 0 aromatic heterocycles. The molecule has 2 amide bonds. The first-order valence-electron chi connectivity index (χ1n) is 5.64. The third kappa shape index (κ3) is 1.96. The Balaban J connectivity index is 2.29. The van der Waals surface area contributed by atoms with E-state index in [1.165, 1.54) is 12.0 Å². The SMILES string of the molecule is CC1CCC(C)/C(=C2\CC(=O)NC2=O)C1. The van der Waals surface area contributed by atoms with Crippen LogP contribution in [0.1, 0.15) is 39.5 Å². The fourth-order valence-electron chi connectivity index (χ4n) is 2.55. The van der Waals surface area contributed by atoms with E-state index < -0.39 is 0 Å². The van der Waals surface area contributed by atoms with E-state index in [0.717, 1.165) is 18.4 Å². The van der Waals surface area contributed by atoms with Crippen molar-refractivity contribution in [1.29, 1.82) is 0 Å². The predicted octanol–water partition coefficient (Wildman–Crippen LogP) is 1.79. The van der Waals surface area contributed by atoms with Crippen molar-refractivity contribution in [3.63, 3.8) is 0 Å². The summed E-state index contributed by atoms with van der Waals surface area (Å²) in [5.74, 6) is 0.809. The summed E-state index contributed by atoms with van der Waals surface area (Å²) in [7, 11) is 0. The highest BCUT2D eigenvalue weighted by atomic mass is 16.2. The highest BCUT2D eigenvalue weighted by molar-refractivity contribution is 6.13. The number of amides is 2. The molecule has 0 bridgehead atoms. The maximum Gasteiger partial charge on any atom is 0.254 e. The van der Waals surface area contributed by atoms with Crippen LogP contribution in [-0.4, -0.2) is 11.8 Å². The number of allylic oxidation sites excluding steroid dienone is 1. The molecule has 2 unspecified atom stereocenters. The molecule has 0 aromatic rings. The van der Waals surface area contributed by atoms with Crippen LogP contribution in [0.3, 0.4) is 0 Å². The minimum atomic E-state index is -0.157. The van der Waals surface area contributed by atoms with Crippen LogP contribution in [-0.2, 0) is 9.59 Å². The van der Waals surface area contributed by atoms with Crippen LogP contribution in [0.25, 0.3) is 0 Å². The summed E-state index contributed by atoms with van der Waals surface area (Å²) in [6, 6.07) is 0.